The lowest BCUT2D eigenvalue weighted by Gasteiger charge is -2.31. The second-order valence-electron chi connectivity index (χ2n) is 12.2. The van der Waals surface area contributed by atoms with Crippen LogP contribution in [0.25, 0.3) is 11.0 Å². The average molecular weight is 627 g/mol. The molecule has 2 aliphatic rings. The third-order valence-electron chi connectivity index (χ3n) is 8.90. The van der Waals surface area contributed by atoms with E-state index in [4.69, 9.17) is 4.42 Å². The van der Waals surface area contributed by atoms with Crippen molar-refractivity contribution < 1.29 is 23.6 Å². The first-order valence-electron chi connectivity index (χ1n) is 16.1. The number of likely N-dealkylation sites (tertiary alicyclic amines) is 2. The number of fused-ring (bicyclic) bond motifs is 1. The molecular formula is C35H42N6O5. The SMILES string of the molecule is CCN(C)C(=O)c1ccc(C(=O)C(C#N)C(Nc2ccc3oc(C)cc3c2)N[C@H]2CCCCN(CC(=O)N3CCCC3)C2=O)cc1. The van der Waals surface area contributed by atoms with Gasteiger partial charge in [-0.2, -0.15) is 5.26 Å². The first-order chi connectivity index (χ1) is 22.2. The summed E-state index contributed by atoms with van der Waals surface area (Å²) in [5, 5.41) is 17.9. The van der Waals surface area contributed by atoms with E-state index < -0.39 is 23.9 Å². The van der Waals surface area contributed by atoms with Gasteiger partial charge in [-0.3, -0.25) is 24.5 Å². The average Bonchev–Trinajstić information content (AvgIpc) is 3.70. The van der Waals surface area contributed by atoms with E-state index in [1.54, 1.807) is 47.2 Å². The van der Waals surface area contributed by atoms with Crippen molar-refractivity contribution in [3.63, 3.8) is 0 Å². The molecule has 2 saturated heterocycles. The van der Waals surface area contributed by atoms with Gasteiger partial charge in [-0.25, -0.2) is 0 Å². The van der Waals surface area contributed by atoms with Gasteiger partial charge in [0.15, 0.2) is 5.78 Å². The van der Waals surface area contributed by atoms with Crippen LogP contribution in [0.3, 0.4) is 0 Å². The zero-order valence-corrected chi connectivity index (χ0v) is 26.8. The second kappa shape index (κ2) is 14.6. The quantitative estimate of drug-likeness (QED) is 0.239. The summed E-state index contributed by atoms with van der Waals surface area (Å²) in [5.41, 5.74) is 2.07. The third-order valence-corrected chi connectivity index (χ3v) is 8.90. The molecule has 0 radical (unpaired) electrons. The van der Waals surface area contributed by atoms with Gasteiger partial charge in [-0.05, 0) is 82.3 Å². The lowest BCUT2D eigenvalue weighted by molar-refractivity contribution is -0.140. The van der Waals surface area contributed by atoms with Gasteiger partial charge in [0.25, 0.3) is 5.91 Å². The minimum atomic E-state index is -1.22. The fourth-order valence-corrected chi connectivity index (χ4v) is 6.14. The molecule has 0 aliphatic carbocycles. The van der Waals surface area contributed by atoms with E-state index in [9.17, 15) is 24.4 Å². The van der Waals surface area contributed by atoms with E-state index in [0.717, 1.165) is 36.8 Å². The third kappa shape index (κ3) is 7.40. The smallest absolute Gasteiger partial charge is 0.253 e. The first kappa shape index (κ1) is 32.7. The van der Waals surface area contributed by atoms with Gasteiger partial charge in [0.1, 0.15) is 23.4 Å². The molecule has 3 heterocycles. The van der Waals surface area contributed by atoms with Gasteiger partial charge >= 0.3 is 0 Å². The number of amides is 3. The maximum atomic E-state index is 13.9. The lowest BCUT2D eigenvalue weighted by atomic mass is 9.94. The van der Waals surface area contributed by atoms with Crippen LogP contribution >= 0.6 is 0 Å². The Labute approximate surface area is 269 Å². The molecule has 46 heavy (non-hydrogen) atoms. The number of rotatable bonds is 11. The lowest BCUT2D eigenvalue weighted by Crippen LogP contribution is -2.55. The van der Waals surface area contributed by atoms with E-state index >= 15 is 0 Å². The summed E-state index contributed by atoms with van der Waals surface area (Å²) in [7, 11) is 1.70. The van der Waals surface area contributed by atoms with E-state index in [1.807, 2.05) is 36.9 Å². The molecule has 0 bridgehead atoms. The van der Waals surface area contributed by atoms with E-state index in [2.05, 4.69) is 16.7 Å². The van der Waals surface area contributed by atoms with Crippen molar-refractivity contribution >= 4 is 40.2 Å². The molecule has 0 spiro atoms. The van der Waals surface area contributed by atoms with E-state index in [-0.39, 0.29) is 29.8 Å². The fourth-order valence-electron chi connectivity index (χ4n) is 6.14. The number of carbonyl (C=O) groups excluding carboxylic acids is 4. The maximum Gasteiger partial charge on any atom is 0.253 e. The number of benzene rings is 2. The molecule has 242 valence electrons. The van der Waals surface area contributed by atoms with Gasteiger partial charge in [-0.1, -0.05) is 12.1 Å². The highest BCUT2D eigenvalue weighted by Crippen LogP contribution is 2.25. The summed E-state index contributed by atoms with van der Waals surface area (Å²) in [5.74, 6) is -1.35. The summed E-state index contributed by atoms with van der Waals surface area (Å²) in [6.07, 6.45) is 3.00. The van der Waals surface area contributed by atoms with Crippen LogP contribution < -0.4 is 10.6 Å². The number of carbonyl (C=O) groups is 4. The van der Waals surface area contributed by atoms with Crippen LogP contribution in [0, 0.1) is 24.2 Å². The summed E-state index contributed by atoms with van der Waals surface area (Å²) >= 11 is 0. The highest BCUT2D eigenvalue weighted by Gasteiger charge is 2.36. The molecule has 2 aromatic carbocycles. The van der Waals surface area contributed by atoms with Crippen molar-refractivity contribution in [2.75, 3.05) is 45.1 Å². The van der Waals surface area contributed by atoms with Crippen LogP contribution in [0.5, 0.6) is 0 Å². The summed E-state index contributed by atoms with van der Waals surface area (Å²) in [6.45, 7) is 6.20. The Kier molecular flexibility index (Phi) is 10.4. The molecule has 11 heteroatoms. The first-order valence-corrected chi connectivity index (χ1v) is 16.1. The number of furan rings is 1. The molecule has 3 amide bonds. The largest absolute Gasteiger partial charge is 0.461 e. The van der Waals surface area contributed by atoms with Gasteiger partial charge in [-0.15, -0.1) is 0 Å². The molecule has 2 aliphatic heterocycles. The zero-order valence-electron chi connectivity index (χ0n) is 26.8. The number of nitrogens with zero attached hydrogens (tertiary/aromatic N) is 4. The Morgan fingerprint density at radius 3 is 2.41 bits per heavy atom. The van der Waals surface area contributed by atoms with Gasteiger partial charge in [0.2, 0.25) is 11.8 Å². The molecule has 3 aromatic rings. The normalized spacial score (nSPS) is 18.1. The molecule has 3 atom stereocenters. The fraction of sp³-hybridized carbons (Fsp3) is 0.457. The van der Waals surface area contributed by atoms with Crippen LogP contribution in [0.4, 0.5) is 5.69 Å². The molecule has 2 unspecified atom stereocenters. The number of ketones is 1. The number of nitriles is 1. The number of nitrogens with one attached hydrogen (secondary N) is 2. The second-order valence-corrected chi connectivity index (χ2v) is 12.2. The minimum absolute atomic E-state index is 0.0184. The molecule has 11 nitrogen and oxygen atoms in total. The van der Waals surface area contributed by atoms with Crippen LogP contribution in [-0.2, 0) is 9.59 Å². The Bertz CT molecular complexity index is 1620. The predicted octanol–water partition coefficient (Wildman–Crippen LogP) is 4.19. The van der Waals surface area contributed by atoms with Crippen LogP contribution in [0.2, 0.25) is 0 Å². The maximum absolute atomic E-state index is 13.9. The van der Waals surface area contributed by atoms with Crippen LogP contribution in [0.15, 0.2) is 52.9 Å². The number of aryl methyl sites for hydroxylation is 1. The zero-order chi connectivity index (χ0) is 32.8. The van der Waals surface area contributed by atoms with Gasteiger partial charge in [0, 0.05) is 55.4 Å². The van der Waals surface area contributed by atoms with Crippen molar-refractivity contribution in [2.24, 2.45) is 5.92 Å². The highest BCUT2D eigenvalue weighted by molar-refractivity contribution is 6.01. The molecule has 1 aromatic heterocycles. The Balaban J connectivity index is 1.41. The summed E-state index contributed by atoms with van der Waals surface area (Å²) in [6, 6.07) is 15.2. The minimum Gasteiger partial charge on any atom is -0.461 e. The number of hydrogen-bond donors (Lipinski definition) is 2. The van der Waals surface area contributed by atoms with Crippen molar-refractivity contribution in [3.05, 3.63) is 65.4 Å². The summed E-state index contributed by atoms with van der Waals surface area (Å²) in [4.78, 5) is 58.3. The molecular weight excluding hydrogens is 584 g/mol. The predicted molar refractivity (Wildman–Crippen MR) is 174 cm³/mol. The topological polar surface area (TPSA) is 139 Å². The number of anilines is 1. The molecule has 0 saturated carbocycles. The number of Topliss-reactive ketones (excluding diaryl/α,β-unsaturated/α-hetero) is 1. The van der Waals surface area contributed by atoms with Crippen LogP contribution in [0.1, 0.15) is 65.5 Å². The van der Waals surface area contributed by atoms with Gasteiger partial charge in [0.05, 0.1) is 18.7 Å². The van der Waals surface area contributed by atoms with Crippen molar-refractivity contribution in [3.8, 4) is 6.07 Å². The van der Waals surface area contributed by atoms with Crippen LogP contribution in [-0.4, -0.2) is 90.2 Å². The van der Waals surface area contributed by atoms with Gasteiger partial charge < -0.3 is 24.4 Å². The summed E-state index contributed by atoms with van der Waals surface area (Å²) < 4.78 is 5.71. The standard InChI is InChI=1S/C35H42N6O5/c1-4-39(3)34(44)25-12-10-24(11-13-25)32(43)28(21-36)33(37-27-14-15-30-26(20-27)19-23(2)46-30)38-29-9-5-6-18-41(35(29)45)22-31(42)40-16-7-8-17-40/h10-15,19-20,28-29,33,37-38H,4-9,16-18,22H2,1-3H3/t28?,29-,33?/m0/s1. The molecule has 2 N–H and O–H groups in total. The highest BCUT2D eigenvalue weighted by atomic mass is 16.3. The number of hydrogen-bond acceptors (Lipinski definition) is 8. The van der Waals surface area contributed by atoms with Crippen molar-refractivity contribution in [1.29, 1.82) is 5.26 Å². The molecule has 2 fully saturated rings. The van der Waals surface area contributed by atoms with Crippen molar-refractivity contribution in [1.82, 2.24) is 20.0 Å². The van der Waals surface area contributed by atoms with E-state index in [1.165, 1.54) is 0 Å². The Morgan fingerprint density at radius 2 is 1.72 bits per heavy atom. The van der Waals surface area contributed by atoms with Crippen molar-refractivity contribution in [2.45, 2.75) is 58.2 Å². The Morgan fingerprint density at radius 1 is 1.02 bits per heavy atom. The molecule has 5 rings (SSSR count). The van der Waals surface area contributed by atoms with E-state index in [0.29, 0.717) is 49.4 Å². The monoisotopic (exact) mass is 626 g/mol. The Hall–Kier alpha value is -4.69.